The van der Waals surface area contributed by atoms with E-state index < -0.39 is 57.7 Å². The van der Waals surface area contributed by atoms with Crippen molar-refractivity contribution in [3.05, 3.63) is 118 Å². The number of benzene rings is 5. The number of hydrogen-bond donors (Lipinski definition) is 2. The maximum absolute atomic E-state index is 14.5. The number of fused-ring (bicyclic) bond motifs is 2. The first kappa shape index (κ1) is 45.6. The van der Waals surface area contributed by atoms with Gasteiger partial charge in [-0.3, -0.25) is 34.2 Å². The highest BCUT2D eigenvalue weighted by molar-refractivity contribution is 7.89. The zero-order chi connectivity index (χ0) is 48.5. The van der Waals surface area contributed by atoms with Gasteiger partial charge < -0.3 is 19.3 Å². The van der Waals surface area contributed by atoms with Gasteiger partial charge in [0.15, 0.2) is 0 Å². The van der Waals surface area contributed by atoms with E-state index in [1.807, 2.05) is 62.4 Å². The van der Waals surface area contributed by atoms with Crippen LogP contribution in [0.15, 0.2) is 83.8 Å². The molecule has 2 N–H and O–H groups in total. The van der Waals surface area contributed by atoms with Crippen LogP contribution in [-0.2, 0) is 38.0 Å². The van der Waals surface area contributed by atoms with Gasteiger partial charge in [0.25, 0.3) is 11.8 Å². The van der Waals surface area contributed by atoms with E-state index in [0.29, 0.717) is 68.6 Å². The van der Waals surface area contributed by atoms with Crippen LogP contribution in [-0.4, -0.2) is 99.2 Å². The number of hydrogen-bond acceptors (Lipinski definition) is 12. The Bertz CT molecular complexity index is 3250. The summed E-state index contributed by atoms with van der Waals surface area (Å²) in [4.78, 5) is 65.5. The number of piperidine rings is 1. The number of aromatic nitrogens is 3. The van der Waals surface area contributed by atoms with Crippen LogP contribution in [0.1, 0.15) is 112 Å². The number of amides is 4. The second-order valence-corrected chi connectivity index (χ2v) is 20.4. The summed E-state index contributed by atoms with van der Waals surface area (Å²) in [5.41, 5.74) is 5.73. The van der Waals surface area contributed by atoms with Gasteiger partial charge in [0.05, 0.1) is 31.7 Å². The van der Waals surface area contributed by atoms with Crippen molar-refractivity contribution < 1.29 is 51.7 Å². The van der Waals surface area contributed by atoms with Gasteiger partial charge in [-0.15, -0.1) is 5.10 Å². The highest BCUT2D eigenvalue weighted by Gasteiger charge is 2.43. The van der Waals surface area contributed by atoms with E-state index in [1.54, 1.807) is 42.1 Å². The monoisotopic (exact) mass is 954 g/mol. The highest BCUT2D eigenvalue weighted by atomic mass is 32.2. The Morgan fingerprint density at radius 1 is 0.928 bits per heavy atom. The fraction of sp³-hybridized carbons (Fsp3) is 0.353. The topological polar surface area (TPSA) is 217 Å². The predicted octanol–water partition coefficient (Wildman–Crippen LogP) is 6.52. The molecular weight excluding hydrogens is 905 g/mol. The van der Waals surface area contributed by atoms with Crippen LogP contribution >= 0.6 is 0 Å². The van der Waals surface area contributed by atoms with Crippen LogP contribution in [0.3, 0.4) is 0 Å². The molecule has 0 spiro atoms. The molecule has 18 heteroatoms. The molecule has 6 aromatic rings. The fourth-order valence-corrected chi connectivity index (χ4v) is 12.1. The number of ether oxygens (including phenoxy) is 3. The summed E-state index contributed by atoms with van der Waals surface area (Å²) >= 11 is 0. The molecule has 1 aromatic heterocycles. The van der Waals surface area contributed by atoms with E-state index in [0.717, 1.165) is 34.4 Å². The summed E-state index contributed by atoms with van der Waals surface area (Å²) in [6.07, 6.45) is 2.04. The van der Waals surface area contributed by atoms with E-state index in [9.17, 15) is 37.5 Å². The normalized spacial score (nSPS) is 21.9. The quantitative estimate of drug-likeness (QED) is 0.132. The molecule has 4 amide bonds. The van der Waals surface area contributed by atoms with Crippen molar-refractivity contribution >= 4 is 61.4 Å². The van der Waals surface area contributed by atoms with Crippen LogP contribution in [0.2, 0.25) is 0 Å². The molecule has 0 radical (unpaired) electrons. The lowest BCUT2D eigenvalue weighted by Crippen LogP contribution is -2.57. The Hall–Kier alpha value is -7.18. The first-order chi connectivity index (χ1) is 33.1. The van der Waals surface area contributed by atoms with Crippen molar-refractivity contribution in [3.63, 3.8) is 0 Å². The molecule has 1 aliphatic carbocycles. The van der Waals surface area contributed by atoms with Gasteiger partial charge in [-0.1, -0.05) is 41.6 Å². The molecule has 10 rings (SSSR count). The Kier molecular flexibility index (Phi) is 11.7. The van der Waals surface area contributed by atoms with Crippen molar-refractivity contribution in [2.24, 2.45) is 7.05 Å². The van der Waals surface area contributed by atoms with Crippen LogP contribution in [0.25, 0.3) is 21.8 Å². The number of carbonyl (C=O) groups excluding carboxylic acids is 4. The van der Waals surface area contributed by atoms with Gasteiger partial charge in [0, 0.05) is 36.9 Å². The van der Waals surface area contributed by atoms with Crippen molar-refractivity contribution in [3.8, 4) is 17.2 Å². The maximum atomic E-state index is 14.5. The van der Waals surface area contributed by atoms with E-state index in [1.165, 1.54) is 11.4 Å². The highest BCUT2D eigenvalue weighted by Crippen LogP contribution is 2.42. The predicted molar refractivity (Wildman–Crippen MR) is 251 cm³/mol. The molecule has 0 bridgehead atoms. The van der Waals surface area contributed by atoms with Crippen LogP contribution in [0, 0.1) is 6.92 Å². The van der Waals surface area contributed by atoms with Crippen molar-refractivity contribution in [1.82, 2.24) is 29.5 Å². The third kappa shape index (κ3) is 8.34. The smallest absolute Gasteiger partial charge is 0.304 e. The molecule has 3 atom stereocenters. The van der Waals surface area contributed by atoms with Gasteiger partial charge >= 0.3 is 5.97 Å². The fourth-order valence-electron chi connectivity index (χ4n) is 10.5. The molecule has 356 valence electrons. The Balaban J connectivity index is 0.847. The molecule has 1 unspecified atom stereocenters. The zero-order valence-electron chi connectivity index (χ0n) is 38.4. The maximum Gasteiger partial charge on any atom is 0.304 e. The average Bonchev–Trinajstić information content (AvgIpc) is 3.66. The van der Waals surface area contributed by atoms with Crippen molar-refractivity contribution in [2.45, 2.75) is 100 Å². The lowest BCUT2D eigenvalue weighted by Gasteiger charge is -2.35. The molecule has 4 heterocycles. The molecular formula is C51H50N6O11S. The van der Waals surface area contributed by atoms with Crippen LogP contribution in [0.5, 0.6) is 17.2 Å². The summed E-state index contributed by atoms with van der Waals surface area (Å²) in [6, 6.07) is 22.1. The van der Waals surface area contributed by atoms with Gasteiger partial charge in [0.2, 0.25) is 21.8 Å². The molecule has 3 aliphatic heterocycles. The summed E-state index contributed by atoms with van der Waals surface area (Å²) < 4.78 is 50.6. The SMILES string of the molecule is COc1cc([C@@H](CC(=O)O)c2ccc(C)c(CN3C[C@@H](C)Oc4cc(C5CCC(Oc6cc7c8c(cccc8c6)C(=O)N(C6CCC(=O)NC6=O)C7=O)CC5)ccc4S3(=O)=O)c2)cc2nnn(C)c12. The standard InChI is InChI=1S/C51H50N6O11S/c1-27-8-9-31(38(24-46(59)60)33-20-40-48(43(22-33)66-4)55(3)54-53-40)18-34(27)26-56-25-28(2)67-42-21-30(12-16-44(42)69(56,64)65)29-10-13-35(14-11-29)68-36-19-32-6-5-7-37-47(32)39(23-36)51(63)57(50(37)62)41-15-17-45(58)52-49(41)61/h5-9,12,16,18-23,28-29,35,38,41H,10-11,13-15,17,24-26H2,1-4H3,(H,59,60)(H,52,58,61)/t28-,29?,35?,38+,41?/m1/s1. The minimum Gasteiger partial charge on any atom is -0.494 e. The number of rotatable bonds is 11. The lowest BCUT2D eigenvalue weighted by molar-refractivity contribution is -0.138. The first-order valence-corrected chi connectivity index (χ1v) is 24.5. The summed E-state index contributed by atoms with van der Waals surface area (Å²) in [5.74, 6) is -2.53. The number of aliphatic carboxylic acids is 1. The molecule has 17 nitrogen and oxygen atoms in total. The number of carbonyl (C=O) groups is 5. The van der Waals surface area contributed by atoms with Gasteiger partial charge in [-0.05, 0) is 128 Å². The number of carboxylic acid groups (broad SMARTS) is 1. The van der Waals surface area contributed by atoms with Gasteiger partial charge in [0.1, 0.15) is 45.3 Å². The van der Waals surface area contributed by atoms with E-state index >= 15 is 0 Å². The lowest BCUT2D eigenvalue weighted by atomic mass is 9.82. The van der Waals surface area contributed by atoms with E-state index in [2.05, 4.69) is 15.6 Å². The number of methoxy groups -OCH3 is 1. The number of nitrogens with zero attached hydrogens (tertiary/aromatic N) is 5. The molecule has 2 fully saturated rings. The van der Waals surface area contributed by atoms with Crippen molar-refractivity contribution in [2.75, 3.05) is 13.7 Å². The second-order valence-electron chi connectivity index (χ2n) is 18.5. The minimum absolute atomic E-state index is 0.0184. The number of carboxylic acids is 1. The molecule has 5 aromatic carbocycles. The van der Waals surface area contributed by atoms with Crippen LogP contribution in [0.4, 0.5) is 0 Å². The van der Waals surface area contributed by atoms with Gasteiger partial charge in [-0.25, -0.2) is 13.1 Å². The van der Waals surface area contributed by atoms with Crippen LogP contribution < -0.4 is 19.5 Å². The summed E-state index contributed by atoms with van der Waals surface area (Å²) in [7, 11) is -0.764. The Morgan fingerprint density at radius 3 is 2.46 bits per heavy atom. The average molecular weight is 955 g/mol. The number of aryl methyl sites for hydroxylation is 2. The Morgan fingerprint density at radius 2 is 1.71 bits per heavy atom. The summed E-state index contributed by atoms with van der Waals surface area (Å²) in [6.45, 7) is 3.87. The van der Waals surface area contributed by atoms with Gasteiger partial charge in [-0.2, -0.15) is 4.31 Å². The molecule has 1 saturated heterocycles. The van der Waals surface area contributed by atoms with E-state index in [-0.39, 0.29) is 54.8 Å². The second kappa shape index (κ2) is 17.7. The largest absolute Gasteiger partial charge is 0.494 e. The number of sulfonamides is 1. The number of imide groups is 2. The molecule has 69 heavy (non-hydrogen) atoms. The summed E-state index contributed by atoms with van der Waals surface area (Å²) in [5, 5.41) is 21.8. The zero-order valence-corrected chi connectivity index (χ0v) is 39.2. The first-order valence-electron chi connectivity index (χ1n) is 23.0. The third-order valence-electron chi connectivity index (χ3n) is 14.0. The Labute approximate surface area is 397 Å². The number of nitrogens with one attached hydrogen (secondary N) is 1. The minimum atomic E-state index is -4.05. The third-order valence-corrected chi connectivity index (χ3v) is 15.9. The van der Waals surface area contributed by atoms with E-state index in [4.69, 9.17) is 14.2 Å². The molecule has 1 saturated carbocycles. The van der Waals surface area contributed by atoms with Crippen molar-refractivity contribution in [1.29, 1.82) is 0 Å². The molecule has 4 aliphatic rings.